The summed E-state index contributed by atoms with van der Waals surface area (Å²) in [5.41, 5.74) is 1.04. The van der Waals surface area contributed by atoms with Gasteiger partial charge in [0.25, 0.3) is 5.91 Å². The maximum Gasteiger partial charge on any atom is 0.255 e. The molecule has 13 nitrogen and oxygen atoms in total. The molecule has 41 heavy (non-hydrogen) atoms. The Morgan fingerprint density at radius 3 is 2.37 bits per heavy atom. The molecule has 1 aromatic rings. The van der Waals surface area contributed by atoms with Crippen molar-refractivity contribution in [2.75, 3.05) is 39.0 Å². The molecule has 0 radical (unpaired) electrons. The summed E-state index contributed by atoms with van der Waals surface area (Å²) in [5.74, 6) is -10.1. The van der Waals surface area contributed by atoms with E-state index in [-0.39, 0.29) is 23.7 Å². The third-order valence-corrected chi connectivity index (χ3v) is 8.97. The molecule has 1 heterocycles. The van der Waals surface area contributed by atoms with Crippen molar-refractivity contribution >= 4 is 34.8 Å². The summed E-state index contributed by atoms with van der Waals surface area (Å²) < 4.78 is 0. The molecule has 8 N–H and O–H groups in total. The molecule has 2 fully saturated rings. The minimum Gasteiger partial charge on any atom is -0.508 e. The van der Waals surface area contributed by atoms with Gasteiger partial charge in [-0.25, -0.2) is 0 Å². The first-order chi connectivity index (χ1) is 19.2. The second-order valence-electron chi connectivity index (χ2n) is 11.5. The number of hydrogen-bond acceptors (Lipinski definition) is 11. The van der Waals surface area contributed by atoms with Crippen LogP contribution in [-0.2, 0) is 19.2 Å². The average molecular weight is 571 g/mol. The third-order valence-electron chi connectivity index (χ3n) is 8.97. The maximum atomic E-state index is 14.0. The van der Waals surface area contributed by atoms with Crippen LogP contribution in [0.1, 0.15) is 36.8 Å². The molecule has 220 valence electrons. The molecular formula is C28H34N4O9. The van der Waals surface area contributed by atoms with Crippen LogP contribution >= 0.6 is 0 Å². The number of carbonyl (C=O) groups is 4. The fourth-order valence-corrected chi connectivity index (χ4v) is 7.05. The smallest absolute Gasteiger partial charge is 0.255 e. The molecule has 6 atom stereocenters. The van der Waals surface area contributed by atoms with E-state index in [9.17, 15) is 44.7 Å². The number of nitrogens with zero attached hydrogens (tertiary/aromatic N) is 2. The lowest BCUT2D eigenvalue weighted by atomic mass is 9.54. The van der Waals surface area contributed by atoms with Crippen LogP contribution in [-0.4, -0.2) is 110 Å². The zero-order chi connectivity index (χ0) is 30.1. The molecule has 0 spiro atoms. The van der Waals surface area contributed by atoms with Crippen LogP contribution in [0.15, 0.2) is 29.0 Å². The number of rotatable bonds is 5. The van der Waals surface area contributed by atoms with Crippen molar-refractivity contribution in [1.29, 1.82) is 0 Å². The molecular weight excluding hydrogens is 536 g/mol. The second kappa shape index (κ2) is 9.94. The largest absolute Gasteiger partial charge is 0.508 e. The van der Waals surface area contributed by atoms with Crippen LogP contribution in [0.25, 0.3) is 5.76 Å². The van der Waals surface area contributed by atoms with Gasteiger partial charge in [-0.1, -0.05) is 13.0 Å². The molecule has 3 aliphatic carbocycles. The Morgan fingerprint density at radius 2 is 1.78 bits per heavy atom. The predicted octanol–water partition coefficient (Wildman–Crippen LogP) is -0.470. The number of aliphatic hydroxyl groups excluding tert-OH is 3. The Balaban J connectivity index is 1.64. The number of likely N-dealkylation sites (N-methyl/N-ethyl adjacent to an activating group) is 1. The number of hydrogen-bond donors (Lipinski definition) is 7. The number of nitrogens with one attached hydrogen (secondary N) is 1. The molecule has 0 bridgehead atoms. The van der Waals surface area contributed by atoms with Gasteiger partial charge in [0.05, 0.1) is 35.9 Å². The van der Waals surface area contributed by atoms with Gasteiger partial charge in [0.1, 0.15) is 22.8 Å². The number of ketones is 2. The number of benzene rings is 1. The topological polar surface area (TPSA) is 214 Å². The SMILES string of the molecule is C[C@H]1c2ccc(NC(=O)CN3CCCC3)c(O)c2C(O)=C2C(=O)[C@]3(O)C(O)=C(C(N)=O)C(=O)[C@@H](N(C)C)C3[C@@H](O)C21. The average Bonchev–Trinajstić information content (AvgIpc) is 3.40. The maximum absolute atomic E-state index is 14.0. The van der Waals surface area contributed by atoms with Crippen molar-refractivity contribution in [3.8, 4) is 5.75 Å². The highest BCUT2D eigenvalue weighted by Gasteiger charge is 2.68. The molecule has 1 aromatic carbocycles. The Bertz CT molecular complexity index is 1430. The summed E-state index contributed by atoms with van der Waals surface area (Å²) in [4.78, 5) is 55.3. The number of likely N-dealkylation sites (tertiary alicyclic amines) is 1. The normalized spacial score (nSPS) is 31.7. The van der Waals surface area contributed by atoms with E-state index >= 15 is 0 Å². The standard InChI is InChI=1S/C28H34N4O9/c1-11-12-6-7-13(30-14(33)10-32-8-4-5-9-32)21(34)16(12)22(35)17-15(11)23(36)19-20(31(2)3)24(37)18(27(29)40)26(39)28(19,41)25(17)38/h6-7,11,15,19-20,23,34-36,39,41H,4-5,8-10H2,1-3H3,(H2,29,40)(H,30,33)/t11-,15?,19?,20-,23-,28-/m0/s1. The number of fused-ring (bicyclic) bond motifs is 3. The van der Waals surface area contributed by atoms with Gasteiger partial charge in [0, 0.05) is 11.5 Å². The van der Waals surface area contributed by atoms with Crippen LogP contribution in [0.5, 0.6) is 5.75 Å². The van der Waals surface area contributed by atoms with Gasteiger partial charge in [-0.15, -0.1) is 0 Å². The van der Waals surface area contributed by atoms with Crippen LogP contribution < -0.4 is 11.1 Å². The van der Waals surface area contributed by atoms with E-state index in [1.54, 1.807) is 13.0 Å². The third kappa shape index (κ3) is 4.06. The first kappa shape index (κ1) is 28.7. The monoisotopic (exact) mass is 570 g/mol. The summed E-state index contributed by atoms with van der Waals surface area (Å²) in [6, 6.07) is 1.59. The van der Waals surface area contributed by atoms with Gasteiger partial charge >= 0.3 is 0 Å². The number of aliphatic hydroxyl groups is 4. The quantitative estimate of drug-likeness (QED) is 0.177. The van der Waals surface area contributed by atoms with Crippen molar-refractivity contribution in [2.24, 2.45) is 17.6 Å². The Hall–Kier alpha value is -3.78. The number of Topliss-reactive ketones (excluding diaryl/α,β-unsaturated/α-hetero) is 2. The number of phenols is 1. The van der Waals surface area contributed by atoms with Crippen molar-refractivity contribution in [3.05, 3.63) is 40.2 Å². The molecule has 13 heteroatoms. The molecule has 2 unspecified atom stereocenters. The summed E-state index contributed by atoms with van der Waals surface area (Å²) in [6.45, 7) is 3.31. The van der Waals surface area contributed by atoms with Crippen LogP contribution in [0.3, 0.4) is 0 Å². The first-order valence-corrected chi connectivity index (χ1v) is 13.4. The number of carbonyl (C=O) groups excluding carboxylic acids is 4. The number of nitrogens with two attached hydrogens (primary N) is 1. The molecule has 2 amide bonds. The van der Waals surface area contributed by atoms with Crippen molar-refractivity contribution in [2.45, 2.75) is 43.4 Å². The Labute approximate surface area is 235 Å². The van der Waals surface area contributed by atoms with Crippen molar-refractivity contribution in [1.82, 2.24) is 9.80 Å². The minimum absolute atomic E-state index is 0.0131. The highest BCUT2D eigenvalue weighted by molar-refractivity contribution is 6.24. The van der Waals surface area contributed by atoms with Crippen LogP contribution in [0.4, 0.5) is 5.69 Å². The zero-order valence-electron chi connectivity index (χ0n) is 22.9. The van der Waals surface area contributed by atoms with Gasteiger partial charge in [0.15, 0.2) is 11.4 Å². The molecule has 1 saturated heterocycles. The highest BCUT2D eigenvalue weighted by Crippen LogP contribution is 2.56. The number of anilines is 1. The van der Waals surface area contributed by atoms with Gasteiger partial charge < -0.3 is 36.6 Å². The lowest BCUT2D eigenvalue weighted by Gasteiger charge is -2.53. The van der Waals surface area contributed by atoms with E-state index < -0.39 is 81.4 Å². The summed E-state index contributed by atoms with van der Waals surface area (Å²) in [6.07, 6.45) is 0.299. The van der Waals surface area contributed by atoms with E-state index in [1.807, 2.05) is 4.90 Å². The molecule has 1 saturated carbocycles. The van der Waals surface area contributed by atoms with Gasteiger partial charge in [0.2, 0.25) is 11.7 Å². The Morgan fingerprint density at radius 1 is 1.15 bits per heavy atom. The number of amides is 2. The number of aromatic hydroxyl groups is 1. The number of phenolic OH excluding ortho intramolecular Hbond substituents is 1. The van der Waals surface area contributed by atoms with Crippen molar-refractivity contribution in [3.63, 3.8) is 0 Å². The molecule has 0 aromatic heterocycles. The van der Waals surface area contributed by atoms with Gasteiger partial charge in [-0.3, -0.25) is 29.0 Å². The first-order valence-electron chi connectivity index (χ1n) is 13.4. The van der Waals surface area contributed by atoms with Crippen LogP contribution in [0, 0.1) is 11.8 Å². The highest BCUT2D eigenvalue weighted by atomic mass is 16.4. The Kier molecular flexibility index (Phi) is 6.97. The van der Waals surface area contributed by atoms with E-state index in [0.29, 0.717) is 5.56 Å². The minimum atomic E-state index is -2.99. The van der Waals surface area contributed by atoms with Gasteiger partial charge in [-0.05, 0) is 57.6 Å². The fourth-order valence-electron chi connectivity index (χ4n) is 7.05. The van der Waals surface area contributed by atoms with E-state index in [1.165, 1.54) is 25.1 Å². The molecule has 5 rings (SSSR count). The fraction of sp³-hybridized carbons (Fsp3) is 0.500. The zero-order valence-corrected chi connectivity index (χ0v) is 22.9. The number of primary amides is 1. The molecule has 1 aliphatic heterocycles. The second-order valence-corrected chi connectivity index (χ2v) is 11.5. The lowest BCUT2D eigenvalue weighted by molar-refractivity contribution is -0.169. The summed E-state index contributed by atoms with van der Waals surface area (Å²) in [5, 5.41) is 59.5. The van der Waals surface area contributed by atoms with Gasteiger partial charge in [-0.2, -0.15) is 0 Å². The van der Waals surface area contributed by atoms with E-state index in [4.69, 9.17) is 5.73 Å². The van der Waals surface area contributed by atoms with E-state index in [2.05, 4.69) is 5.32 Å². The molecule has 4 aliphatic rings. The predicted molar refractivity (Wildman–Crippen MR) is 145 cm³/mol. The van der Waals surface area contributed by atoms with Crippen molar-refractivity contribution < 1.29 is 44.7 Å². The van der Waals surface area contributed by atoms with Crippen LogP contribution in [0.2, 0.25) is 0 Å². The summed E-state index contributed by atoms with van der Waals surface area (Å²) >= 11 is 0. The lowest BCUT2D eigenvalue weighted by Crippen LogP contribution is -2.70. The summed E-state index contributed by atoms with van der Waals surface area (Å²) in [7, 11) is 2.89. The van der Waals surface area contributed by atoms with E-state index in [0.717, 1.165) is 25.9 Å².